The van der Waals surface area contributed by atoms with E-state index in [1.54, 1.807) is 0 Å². The summed E-state index contributed by atoms with van der Waals surface area (Å²) in [6.07, 6.45) is 5.37. The number of hydrogen-bond acceptors (Lipinski definition) is 5. The molecule has 0 aliphatic carbocycles. The molecule has 0 unspecified atom stereocenters. The summed E-state index contributed by atoms with van der Waals surface area (Å²) < 4.78 is 7.48. The molecular weight excluding hydrogens is 414 g/mol. The molecule has 1 aliphatic heterocycles. The SMILES string of the molecule is CCCCc1ccc(-n2c(N)c(C(=O)NC[C@@H]3CCCO3)c3nc4ccccc4nc32)cc1. The number of nitrogens with two attached hydrogens (primary N) is 1. The van der Waals surface area contributed by atoms with Crippen molar-refractivity contribution in [3.63, 3.8) is 0 Å². The highest BCUT2D eigenvalue weighted by Gasteiger charge is 2.26. The number of nitrogen functional groups attached to an aromatic ring is 1. The molecule has 7 nitrogen and oxygen atoms in total. The van der Waals surface area contributed by atoms with Gasteiger partial charge in [-0.05, 0) is 55.5 Å². The summed E-state index contributed by atoms with van der Waals surface area (Å²) in [5.41, 5.74) is 11.7. The van der Waals surface area contributed by atoms with Gasteiger partial charge in [0, 0.05) is 18.8 Å². The van der Waals surface area contributed by atoms with Crippen molar-refractivity contribution in [2.45, 2.75) is 45.1 Å². The van der Waals surface area contributed by atoms with Crippen LogP contribution in [0.15, 0.2) is 48.5 Å². The predicted molar refractivity (Wildman–Crippen MR) is 131 cm³/mol. The molecule has 7 heteroatoms. The Labute approximate surface area is 193 Å². The molecule has 3 N–H and O–H groups in total. The normalized spacial score (nSPS) is 16.0. The zero-order valence-corrected chi connectivity index (χ0v) is 18.9. The van der Waals surface area contributed by atoms with E-state index in [0.29, 0.717) is 29.1 Å². The fraction of sp³-hybridized carbons (Fsp3) is 0.346. The van der Waals surface area contributed by atoms with E-state index in [-0.39, 0.29) is 12.0 Å². The third-order valence-electron chi connectivity index (χ3n) is 6.25. The summed E-state index contributed by atoms with van der Waals surface area (Å²) in [6.45, 7) is 3.39. The fourth-order valence-corrected chi connectivity index (χ4v) is 4.44. The van der Waals surface area contributed by atoms with E-state index < -0.39 is 0 Å². The van der Waals surface area contributed by atoms with Crippen LogP contribution in [0, 0.1) is 0 Å². The highest BCUT2D eigenvalue weighted by Crippen LogP contribution is 2.31. The third-order valence-corrected chi connectivity index (χ3v) is 6.25. The Kier molecular flexibility index (Phi) is 5.96. The summed E-state index contributed by atoms with van der Waals surface area (Å²) in [6, 6.07) is 15.9. The maximum absolute atomic E-state index is 13.3. The second kappa shape index (κ2) is 9.19. The summed E-state index contributed by atoms with van der Waals surface area (Å²) in [5.74, 6) is 0.0855. The molecule has 3 heterocycles. The van der Waals surface area contributed by atoms with Gasteiger partial charge < -0.3 is 15.8 Å². The van der Waals surface area contributed by atoms with E-state index in [2.05, 4.69) is 24.4 Å². The van der Waals surface area contributed by atoms with Gasteiger partial charge in [0.1, 0.15) is 16.9 Å². The summed E-state index contributed by atoms with van der Waals surface area (Å²) in [4.78, 5) is 22.9. The molecule has 1 saturated heterocycles. The molecular formula is C26H29N5O2. The molecule has 5 rings (SSSR count). The largest absolute Gasteiger partial charge is 0.384 e. The molecule has 1 amide bonds. The van der Waals surface area contributed by atoms with E-state index in [0.717, 1.165) is 55.4 Å². The highest BCUT2D eigenvalue weighted by molar-refractivity contribution is 6.11. The van der Waals surface area contributed by atoms with Crippen molar-refractivity contribution in [3.05, 3.63) is 59.7 Å². The number of para-hydroxylation sites is 2. The molecule has 2 aromatic carbocycles. The van der Waals surface area contributed by atoms with Crippen LogP contribution in [0.2, 0.25) is 0 Å². The topological polar surface area (TPSA) is 95.1 Å². The van der Waals surface area contributed by atoms with E-state index in [1.165, 1.54) is 5.56 Å². The monoisotopic (exact) mass is 443 g/mol. The summed E-state index contributed by atoms with van der Waals surface area (Å²) in [7, 11) is 0. The first-order chi connectivity index (χ1) is 16.2. The first kappa shape index (κ1) is 21.4. The van der Waals surface area contributed by atoms with Gasteiger partial charge in [0.25, 0.3) is 5.91 Å². The molecule has 0 spiro atoms. The molecule has 1 aliphatic rings. The zero-order chi connectivity index (χ0) is 22.8. The predicted octanol–water partition coefficient (Wildman–Crippen LogP) is 4.41. The average Bonchev–Trinajstić information content (AvgIpc) is 3.45. The number of aryl methyl sites for hydroxylation is 1. The number of rotatable bonds is 7. The molecule has 0 saturated carbocycles. The number of carbonyl (C=O) groups excluding carboxylic acids is 1. The van der Waals surface area contributed by atoms with Crippen LogP contribution in [0.4, 0.5) is 5.82 Å². The first-order valence-electron chi connectivity index (χ1n) is 11.7. The summed E-state index contributed by atoms with van der Waals surface area (Å²) >= 11 is 0. The lowest BCUT2D eigenvalue weighted by Crippen LogP contribution is -2.32. The van der Waals surface area contributed by atoms with Gasteiger partial charge in [0.05, 0.1) is 17.1 Å². The van der Waals surface area contributed by atoms with Gasteiger partial charge in [-0.15, -0.1) is 0 Å². The zero-order valence-electron chi connectivity index (χ0n) is 18.9. The highest BCUT2D eigenvalue weighted by atomic mass is 16.5. The van der Waals surface area contributed by atoms with Crippen LogP contribution in [0.5, 0.6) is 0 Å². The number of amides is 1. The number of anilines is 1. The van der Waals surface area contributed by atoms with E-state index >= 15 is 0 Å². The van der Waals surface area contributed by atoms with Gasteiger partial charge >= 0.3 is 0 Å². The average molecular weight is 444 g/mol. The van der Waals surface area contributed by atoms with Crippen LogP contribution < -0.4 is 11.1 Å². The van der Waals surface area contributed by atoms with Gasteiger partial charge in [0.15, 0.2) is 5.65 Å². The lowest BCUT2D eigenvalue weighted by molar-refractivity contribution is 0.0859. The fourth-order valence-electron chi connectivity index (χ4n) is 4.44. The Bertz CT molecular complexity index is 1290. The smallest absolute Gasteiger partial charge is 0.257 e. The van der Waals surface area contributed by atoms with Gasteiger partial charge in [-0.2, -0.15) is 0 Å². The quantitative estimate of drug-likeness (QED) is 0.441. The number of nitrogens with one attached hydrogen (secondary N) is 1. The van der Waals surface area contributed by atoms with Crippen LogP contribution >= 0.6 is 0 Å². The number of aromatic nitrogens is 3. The van der Waals surface area contributed by atoms with Gasteiger partial charge in [-0.3, -0.25) is 9.36 Å². The second-order valence-electron chi connectivity index (χ2n) is 8.60. The Morgan fingerprint density at radius 1 is 1.15 bits per heavy atom. The minimum atomic E-state index is -0.254. The molecule has 0 radical (unpaired) electrons. The molecule has 33 heavy (non-hydrogen) atoms. The van der Waals surface area contributed by atoms with Gasteiger partial charge in [0.2, 0.25) is 0 Å². The number of fused-ring (bicyclic) bond motifs is 2. The van der Waals surface area contributed by atoms with Crippen molar-refractivity contribution in [3.8, 4) is 5.69 Å². The number of nitrogens with zero attached hydrogens (tertiary/aromatic N) is 3. The molecule has 1 fully saturated rings. The standard InChI is InChI=1S/C26H29N5O2/c1-2-3-7-17-11-13-18(14-12-17)31-24(27)22(26(32)28-16-19-8-6-15-33-19)23-25(31)30-21-10-5-4-9-20(21)29-23/h4-5,9-14,19H,2-3,6-8,15-16,27H2,1H3,(H,28,32)/t19-/m0/s1. The van der Waals surface area contributed by atoms with Crippen molar-refractivity contribution in [2.75, 3.05) is 18.9 Å². The Morgan fingerprint density at radius 3 is 2.61 bits per heavy atom. The molecule has 0 bridgehead atoms. The minimum absolute atomic E-state index is 0.0473. The number of benzene rings is 2. The van der Waals surface area contributed by atoms with Gasteiger partial charge in [-0.25, -0.2) is 9.97 Å². The Hall–Kier alpha value is -3.45. The summed E-state index contributed by atoms with van der Waals surface area (Å²) in [5, 5.41) is 2.99. The van der Waals surface area contributed by atoms with Crippen LogP contribution in [0.1, 0.15) is 48.5 Å². The van der Waals surface area contributed by atoms with Crippen LogP contribution in [-0.2, 0) is 11.2 Å². The van der Waals surface area contributed by atoms with Crippen molar-refractivity contribution in [1.82, 2.24) is 19.9 Å². The maximum Gasteiger partial charge on any atom is 0.257 e. The van der Waals surface area contributed by atoms with E-state index in [1.807, 2.05) is 41.0 Å². The number of unbranched alkanes of at least 4 members (excludes halogenated alkanes) is 1. The van der Waals surface area contributed by atoms with Crippen molar-refractivity contribution in [1.29, 1.82) is 0 Å². The number of carbonyl (C=O) groups is 1. The number of ether oxygens (including phenoxy) is 1. The lowest BCUT2D eigenvalue weighted by Gasteiger charge is -2.11. The van der Waals surface area contributed by atoms with Crippen LogP contribution in [-0.4, -0.2) is 39.7 Å². The van der Waals surface area contributed by atoms with E-state index in [4.69, 9.17) is 20.4 Å². The molecule has 4 aromatic rings. The molecule has 2 aromatic heterocycles. The third kappa shape index (κ3) is 4.16. The van der Waals surface area contributed by atoms with E-state index in [9.17, 15) is 4.79 Å². The second-order valence-corrected chi connectivity index (χ2v) is 8.60. The molecule has 170 valence electrons. The maximum atomic E-state index is 13.3. The number of hydrogen-bond donors (Lipinski definition) is 2. The van der Waals surface area contributed by atoms with Crippen LogP contribution in [0.3, 0.4) is 0 Å². The Balaban J connectivity index is 1.59. The van der Waals surface area contributed by atoms with Crippen molar-refractivity contribution < 1.29 is 9.53 Å². The minimum Gasteiger partial charge on any atom is -0.384 e. The molecule has 1 atom stereocenters. The van der Waals surface area contributed by atoms with Crippen LogP contribution in [0.25, 0.3) is 27.9 Å². The Morgan fingerprint density at radius 2 is 1.91 bits per heavy atom. The first-order valence-corrected chi connectivity index (χ1v) is 11.7. The van der Waals surface area contributed by atoms with Crippen molar-refractivity contribution >= 4 is 33.9 Å². The lowest BCUT2D eigenvalue weighted by atomic mass is 10.1. The van der Waals surface area contributed by atoms with Crippen molar-refractivity contribution in [2.24, 2.45) is 0 Å². The van der Waals surface area contributed by atoms with Gasteiger partial charge in [-0.1, -0.05) is 37.6 Å².